The lowest BCUT2D eigenvalue weighted by molar-refractivity contribution is 0.411. The molecule has 1 aliphatic rings. The highest BCUT2D eigenvalue weighted by Gasteiger charge is 2.32. The summed E-state index contributed by atoms with van der Waals surface area (Å²) in [6, 6.07) is 15.1. The summed E-state index contributed by atoms with van der Waals surface area (Å²) in [5, 5.41) is 20.0. The molecule has 0 radical (unpaired) electrons. The van der Waals surface area contributed by atoms with Crippen molar-refractivity contribution >= 4 is 50.3 Å². The molecule has 0 unspecified atom stereocenters. The van der Waals surface area contributed by atoms with Gasteiger partial charge in [0.1, 0.15) is 16.6 Å². The molecule has 0 bridgehead atoms. The molecular weight excluding hydrogens is 330 g/mol. The molecule has 0 saturated carbocycles. The number of halogens is 1. The van der Waals surface area contributed by atoms with E-state index in [9.17, 15) is 5.11 Å². The first-order valence-electron chi connectivity index (χ1n) is 7.04. The van der Waals surface area contributed by atoms with Crippen LogP contribution in [0.1, 0.15) is 5.01 Å². The predicted molar refractivity (Wildman–Crippen MR) is 95.7 cm³/mol. The molecule has 4 nitrogen and oxygen atoms in total. The molecule has 0 fully saturated rings. The molecule has 0 amide bonds. The number of hydrogen-bond donors (Lipinski definition) is 2. The maximum absolute atomic E-state index is 10.4. The van der Waals surface area contributed by atoms with Gasteiger partial charge in [0.2, 0.25) is 0 Å². The zero-order valence-electron chi connectivity index (χ0n) is 12.0. The zero-order valence-corrected chi connectivity index (χ0v) is 13.5. The second-order valence-electron chi connectivity index (χ2n) is 5.19. The highest BCUT2D eigenvalue weighted by atomic mass is 35.5. The van der Waals surface area contributed by atoms with Crippen molar-refractivity contribution in [3.05, 3.63) is 64.3 Å². The molecule has 4 rings (SSSR count). The average molecular weight is 342 g/mol. The van der Waals surface area contributed by atoms with E-state index in [1.807, 2.05) is 42.5 Å². The number of rotatable bonds is 2. The van der Waals surface area contributed by atoms with E-state index in [-0.39, 0.29) is 18.1 Å². The van der Waals surface area contributed by atoms with E-state index in [0.717, 1.165) is 10.2 Å². The summed E-state index contributed by atoms with van der Waals surface area (Å²) < 4.78 is 1.03. The second kappa shape index (κ2) is 5.37. The fraction of sp³-hybridized carbons (Fsp3) is 0.0588. The third-order valence-corrected chi connectivity index (χ3v) is 5.13. The molecule has 2 heterocycles. The van der Waals surface area contributed by atoms with Crippen LogP contribution in [0.25, 0.3) is 15.8 Å². The molecule has 0 saturated heterocycles. The molecule has 6 heteroatoms. The van der Waals surface area contributed by atoms with Gasteiger partial charge in [-0.3, -0.25) is 5.41 Å². The quantitative estimate of drug-likeness (QED) is 0.709. The van der Waals surface area contributed by atoms with Gasteiger partial charge in [-0.05, 0) is 24.3 Å². The largest absolute Gasteiger partial charge is 0.510 e. The normalized spacial score (nSPS) is 15.0. The van der Waals surface area contributed by atoms with E-state index in [1.165, 1.54) is 11.3 Å². The number of hydrogen-bond acceptors (Lipinski definition) is 4. The molecule has 1 aromatic heterocycles. The summed E-state index contributed by atoms with van der Waals surface area (Å²) in [6.45, 7) is 0.230. The number of aromatic nitrogens is 1. The lowest BCUT2D eigenvalue weighted by atomic mass is 10.2. The van der Waals surface area contributed by atoms with Crippen molar-refractivity contribution in [2.24, 2.45) is 0 Å². The van der Waals surface area contributed by atoms with Gasteiger partial charge in [0.05, 0.1) is 33.0 Å². The van der Waals surface area contributed by atoms with Crippen molar-refractivity contribution in [1.82, 2.24) is 4.98 Å². The van der Waals surface area contributed by atoms with Gasteiger partial charge in [0, 0.05) is 0 Å². The minimum absolute atomic E-state index is 0.147. The molecule has 0 aliphatic carbocycles. The number of nitrogens with zero attached hydrogens (tertiary/aromatic N) is 2. The zero-order chi connectivity index (χ0) is 16.0. The first kappa shape index (κ1) is 14.2. The smallest absolute Gasteiger partial charge is 0.139 e. The number of anilines is 1. The highest BCUT2D eigenvalue weighted by molar-refractivity contribution is 7.19. The van der Waals surface area contributed by atoms with Crippen LogP contribution in [0.2, 0.25) is 5.02 Å². The van der Waals surface area contributed by atoms with Gasteiger partial charge >= 0.3 is 0 Å². The number of thiazole rings is 1. The van der Waals surface area contributed by atoms with Crippen LogP contribution in [0.15, 0.2) is 54.3 Å². The summed E-state index contributed by atoms with van der Waals surface area (Å²) in [5.74, 6) is 0.364. The lowest BCUT2D eigenvalue weighted by Crippen LogP contribution is -2.26. The van der Waals surface area contributed by atoms with Gasteiger partial charge in [0.15, 0.2) is 0 Å². The molecule has 2 aromatic carbocycles. The molecule has 1 aliphatic heterocycles. The molecular formula is C17H12ClN3OS. The predicted octanol–water partition coefficient (Wildman–Crippen LogP) is 4.72. The maximum Gasteiger partial charge on any atom is 0.139 e. The van der Waals surface area contributed by atoms with Crippen LogP contribution in [-0.4, -0.2) is 22.5 Å². The van der Waals surface area contributed by atoms with Crippen molar-refractivity contribution in [3.63, 3.8) is 0 Å². The molecule has 23 heavy (non-hydrogen) atoms. The maximum atomic E-state index is 10.4. The Bertz CT molecular complexity index is 930. The summed E-state index contributed by atoms with van der Waals surface area (Å²) in [6.07, 6.45) is 0. The summed E-state index contributed by atoms with van der Waals surface area (Å²) in [5.41, 5.74) is 2.06. The van der Waals surface area contributed by atoms with Crippen molar-refractivity contribution in [3.8, 4) is 0 Å². The van der Waals surface area contributed by atoms with Gasteiger partial charge in [-0.2, -0.15) is 0 Å². The fourth-order valence-electron chi connectivity index (χ4n) is 2.66. The van der Waals surface area contributed by atoms with Crippen LogP contribution in [0.3, 0.4) is 0 Å². The minimum atomic E-state index is 0.147. The van der Waals surface area contributed by atoms with Crippen molar-refractivity contribution < 1.29 is 5.11 Å². The Morgan fingerprint density at radius 3 is 2.65 bits per heavy atom. The van der Waals surface area contributed by atoms with Crippen molar-refractivity contribution in [2.45, 2.75) is 0 Å². The number of para-hydroxylation sites is 2. The number of amidine groups is 1. The van der Waals surface area contributed by atoms with Crippen LogP contribution in [-0.2, 0) is 0 Å². The SMILES string of the molecule is N=C1C(c2nc3ccccc3s2)=C(O)CN1c1ccccc1Cl. The van der Waals surface area contributed by atoms with Crippen LogP contribution < -0.4 is 4.90 Å². The summed E-state index contributed by atoms with van der Waals surface area (Å²) in [7, 11) is 0. The molecule has 3 aromatic rings. The molecule has 2 N–H and O–H groups in total. The van der Waals surface area contributed by atoms with E-state index >= 15 is 0 Å². The Labute approximate surface area is 141 Å². The van der Waals surface area contributed by atoms with Gasteiger partial charge in [0.25, 0.3) is 0 Å². The van der Waals surface area contributed by atoms with Crippen LogP contribution in [0.4, 0.5) is 5.69 Å². The third-order valence-electron chi connectivity index (χ3n) is 3.75. The fourth-order valence-corrected chi connectivity index (χ4v) is 3.93. The lowest BCUT2D eigenvalue weighted by Gasteiger charge is -2.19. The van der Waals surface area contributed by atoms with Crippen molar-refractivity contribution in [1.29, 1.82) is 5.41 Å². The standard InChI is InChI=1S/C17H12ClN3OS/c18-10-5-1-3-7-12(10)21-9-13(22)15(16(21)19)17-20-11-6-2-4-8-14(11)23-17/h1-8,19,22H,9H2. The van der Waals surface area contributed by atoms with Gasteiger partial charge in [-0.15, -0.1) is 11.3 Å². The summed E-state index contributed by atoms with van der Waals surface area (Å²) >= 11 is 7.70. The number of nitrogens with one attached hydrogen (secondary N) is 1. The third kappa shape index (κ3) is 2.29. The minimum Gasteiger partial charge on any atom is -0.510 e. The topological polar surface area (TPSA) is 60.2 Å². The van der Waals surface area contributed by atoms with Gasteiger partial charge < -0.3 is 10.0 Å². The van der Waals surface area contributed by atoms with E-state index in [4.69, 9.17) is 17.0 Å². The Balaban J connectivity index is 1.76. The number of aliphatic hydroxyl groups is 1. The molecule has 0 spiro atoms. The van der Waals surface area contributed by atoms with E-state index < -0.39 is 0 Å². The van der Waals surface area contributed by atoms with Gasteiger partial charge in [-0.1, -0.05) is 35.9 Å². The van der Waals surface area contributed by atoms with Crippen LogP contribution in [0, 0.1) is 5.41 Å². The second-order valence-corrected chi connectivity index (χ2v) is 6.63. The van der Waals surface area contributed by atoms with Crippen LogP contribution in [0.5, 0.6) is 0 Å². The first-order valence-corrected chi connectivity index (χ1v) is 8.23. The average Bonchev–Trinajstić information content (AvgIpc) is 3.08. The van der Waals surface area contributed by atoms with E-state index in [0.29, 0.717) is 21.3 Å². The van der Waals surface area contributed by atoms with Crippen LogP contribution >= 0.6 is 22.9 Å². The van der Waals surface area contributed by atoms with Gasteiger partial charge in [-0.25, -0.2) is 4.98 Å². The highest BCUT2D eigenvalue weighted by Crippen LogP contribution is 2.37. The number of benzene rings is 2. The van der Waals surface area contributed by atoms with E-state index in [2.05, 4.69) is 4.98 Å². The summed E-state index contributed by atoms with van der Waals surface area (Å²) in [4.78, 5) is 6.24. The molecule has 0 atom stereocenters. The Hall–Kier alpha value is -2.37. The molecule has 114 valence electrons. The monoisotopic (exact) mass is 341 g/mol. The number of fused-ring (bicyclic) bond motifs is 1. The van der Waals surface area contributed by atoms with E-state index in [1.54, 1.807) is 11.0 Å². The first-order chi connectivity index (χ1) is 11.1. The Kier molecular flexibility index (Phi) is 3.32. The Morgan fingerprint density at radius 1 is 1.13 bits per heavy atom. The van der Waals surface area contributed by atoms with Crippen molar-refractivity contribution in [2.75, 3.05) is 11.4 Å². The Morgan fingerprint density at radius 2 is 1.87 bits per heavy atom. The number of aliphatic hydroxyl groups excluding tert-OH is 1.